The molecule has 1 fully saturated rings. The van der Waals surface area contributed by atoms with Gasteiger partial charge in [-0.25, -0.2) is 0 Å². The first kappa shape index (κ1) is 18.6. The van der Waals surface area contributed by atoms with E-state index in [2.05, 4.69) is 36.2 Å². The van der Waals surface area contributed by atoms with E-state index in [9.17, 15) is 0 Å². The second-order valence-electron chi connectivity index (χ2n) is 6.33. The molecule has 0 amide bonds. The zero-order chi connectivity index (χ0) is 16.5. The Morgan fingerprint density at radius 1 is 1.09 bits per heavy atom. The molecule has 2 nitrogen and oxygen atoms in total. The van der Waals surface area contributed by atoms with Crippen molar-refractivity contribution in [3.05, 3.63) is 29.3 Å². The minimum Gasteiger partial charge on any atom is -0.369 e. The van der Waals surface area contributed by atoms with Gasteiger partial charge < -0.3 is 4.90 Å². The fourth-order valence-corrected chi connectivity index (χ4v) is 3.58. The number of anilines is 1. The van der Waals surface area contributed by atoms with Crippen molar-refractivity contribution in [2.75, 3.05) is 29.7 Å². The Morgan fingerprint density at radius 3 is 2.30 bits per heavy atom. The van der Waals surface area contributed by atoms with Crippen LogP contribution >= 0.6 is 23.2 Å². The molecule has 1 aliphatic rings. The molecule has 0 saturated heterocycles. The summed E-state index contributed by atoms with van der Waals surface area (Å²) in [6.07, 6.45) is 9.95. The van der Waals surface area contributed by atoms with Gasteiger partial charge in [0.15, 0.2) is 0 Å². The zero-order valence-corrected chi connectivity index (χ0v) is 15.6. The standard InChI is InChI=1S/C19H28Cl2N2/c1-16-14-19(23(12-10-20)13-11-21)9-8-17(16)15-22-18-6-4-2-3-5-7-18/h8-9,14-15,18H,2-7,10-13H2,1H3. The highest BCUT2D eigenvalue weighted by Crippen LogP contribution is 2.21. The van der Waals surface area contributed by atoms with Gasteiger partial charge in [-0.15, -0.1) is 23.2 Å². The summed E-state index contributed by atoms with van der Waals surface area (Å²) < 4.78 is 0. The van der Waals surface area contributed by atoms with Crippen LogP contribution in [0.2, 0.25) is 0 Å². The number of aryl methyl sites for hydroxylation is 1. The zero-order valence-electron chi connectivity index (χ0n) is 14.1. The minimum absolute atomic E-state index is 0.514. The molecule has 1 aromatic rings. The average molecular weight is 355 g/mol. The average Bonchev–Trinajstić information content (AvgIpc) is 2.82. The van der Waals surface area contributed by atoms with Crippen molar-refractivity contribution in [2.45, 2.75) is 51.5 Å². The number of rotatable bonds is 7. The van der Waals surface area contributed by atoms with E-state index >= 15 is 0 Å². The summed E-state index contributed by atoms with van der Waals surface area (Å²) >= 11 is 11.8. The van der Waals surface area contributed by atoms with Crippen LogP contribution in [0.3, 0.4) is 0 Å². The summed E-state index contributed by atoms with van der Waals surface area (Å²) in [6, 6.07) is 7.05. The van der Waals surface area contributed by atoms with Gasteiger partial charge in [0.05, 0.1) is 0 Å². The van der Waals surface area contributed by atoms with Crippen LogP contribution in [0.15, 0.2) is 23.2 Å². The van der Waals surface area contributed by atoms with Crippen LogP contribution in [0.4, 0.5) is 5.69 Å². The molecule has 4 heteroatoms. The first-order valence-corrected chi connectivity index (χ1v) is 9.82. The lowest BCUT2D eigenvalue weighted by molar-refractivity contribution is 0.588. The highest BCUT2D eigenvalue weighted by Gasteiger charge is 2.10. The topological polar surface area (TPSA) is 15.6 Å². The second-order valence-corrected chi connectivity index (χ2v) is 7.09. The predicted octanol–water partition coefficient (Wildman–Crippen LogP) is 5.42. The van der Waals surface area contributed by atoms with Gasteiger partial charge in [0.1, 0.15) is 0 Å². The van der Waals surface area contributed by atoms with Gasteiger partial charge in [-0.3, -0.25) is 4.99 Å². The lowest BCUT2D eigenvalue weighted by atomic mass is 10.1. The van der Waals surface area contributed by atoms with Crippen molar-refractivity contribution in [2.24, 2.45) is 4.99 Å². The van der Waals surface area contributed by atoms with Crippen molar-refractivity contribution in [1.82, 2.24) is 0 Å². The monoisotopic (exact) mass is 354 g/mol. The normalized spacial score (nSPS) is 16.7. The van der Waals surface area contributed by atoms with E-state index in [1.165, 1.54) is 55.3 Å². The first-order chi connectivity index (χ1) is 11.2. The van der Waals surface area contributed by atoms with Gasteiger partial charge in [0.2, 0.25) is 0 Å². The molecular formula is C19H28Cl2N2. The van der Waals surface area contributed by atoms with Crippen LogP contribution in [0.5, 0.6) is 0 Å². The van der Waals surface area contributed by atoms with Crippen molar-refractivity contribution in [3.8, 4) is 0 Å². The van der Waals surface area contributed by atoms with Crippen LogP contribution in [0, 0.1) is 6.92 Å². The smallest absolute Gasteiger partial charge is 0.0499 e. The van der Waals surface area contributed by atoms with Crippen LogP contribution in [-0.4, -0.2) is 37.1 Å². The van der Waals surface area contributed by atoms with Crippen LogP contribution < -0.4 is 4.90 Å². The SMILES string of the molecule is Cc1cc(N(CCCl)CCCl)ccc1C=NC1CCCCCC1. The lowest BCUT2D eigenvalue weighted by Crippen LogP contribution is -2.27. The summed E-state index contributed by atoms with van der Waals surface area (Å²) in [5.74, 6) is 1.22. The van der Waals surface area contributed by atoms with E-state index in [1.807, 2.05) is 0 Å². The molecule has 0 radical (unpaired) electrons. The fourth-order valence-electron chi connectivity index (χ4n) is 3.17. The van der Waals surface area contributed by atoms with Crippen molar-refractivity contribution in [3.63, 3.8) is 0 Å². The molecule has 0 heterocycles. The second kappa shape index (κ2) is 10.2. The maximum Gasteiger partial charge on any atom is 0.0499 e. The molecule has 0 N–H and O–H groups in total. The summed E-state index contributed by atoms with van der Waals surface area (Å²) in [5.41, 5.74) is 3.67. The van der Waals surface area contributed by atoms with Crippen LogP contribution in [0.1, 0.15) is 49.7 Å². The molecule has 0 spiro atoms. The number of hydrogen-bond donors (Lipinski definition) is 0. The Balaban J connectivity index is 2.05. The van der Waals surface area contributed by atoms with Gasteiger partial charge >= 0.3 is 0 Å². The molecule has 23 heavy (non-hydrogen) atoms. The molecule has 1 aliphatic carbocycles. The van der Waals surface area contributed by atoms with Gasteiger partial charge in [-0.1, -0.05) is 31.7 Å². The first-order valence-electron chi connectivity index (χ1n) is 8.75. The Labute approximate surface area is 150 Å². The maximum atomic E-state index is 5.90. The Kier molecular flexibility index (Phi) is 8.25. The van der Waals surface area contributed by atoms with Crippen molar-refractivity contribution in [1.29, 1.82) is 0 Å². The predicted molar refractivity (Wildman–Crippen MR) is 104 cm³/mol. The molecule has 0 bridgehead atoms. The molecule has 0 atom stereocenters. The molecule has 2 rings (SSSR count). The van der Waals surface area contributed by atoms with Gasteiger partial charge in [-0.2, -0.15) is 0 Å². The maximum absolute atomic E-state index is 5.90. The van der Waals surface area contributed by atoms with E-state index < -0.39 is 0 Å². The highest BCUT2D eigenvalue weighted by atomic mass is 35.5. The fraction of sp³-hybridized carbons (Fsp3) is 0.632. The minimum atomic E-state index is 0.514. The van der Waals surface area contributed by atoms with E-state index in [0.29, 0.717) is 17.8 Å². The van der Waals surface area contributed by atoms with Gasteiger partial charge in [0.25, 0.3) is 0 Å². The van der Waals surface area contributed by atoms with E-state index in [1.54, 1.807) is 0 Å². The van der Waals surface area contributed by atoms with Crippen LogP contribution in [0.25, 0.3) is 0 Å². The Bertz CT molecular complexity index is 488. The molecule has 1 saturated carbocycles. The molecule has 0 unspecified atom stereocenters. The Morgan fingerprint density at radius 2 is 1.74 bits per heavy atom. The molecule has 0 aliphatic heterocycles. The summed E-state index contributed by atoms with van der Waals surface area (Å²) in [5, 5.41) is 0. The third-order valence-corrected chi connectivity index (χ3v) is 4.91. The van der Waals surface area contributed by atoms with Crippen molar-refractivity contribution >= 4 is 35.1 Å². The van der Waals surface area contributed by atoms with E-state index in [0.717, 1.165) is 13.1 Å². The van der Waals surface area contributed by atoms with Gasteiger partial charge in [0, 0.05) is 42.8 Å². The highest BCUT2D eigenvalue weighted by molar-refractivity contribution is 6.18. The van der Waals surface area contributed by atoms with Crippen molar-refractivity contribution < 1.29 is 0 Å². The number of nitrogens with zero attached hydrogens (tertiary/aromatic N) is 2. The number of aliphatic imine (C=N–C) groups is 1. The number of halogens is 2. The molecule has 1 aromatic carbocycles. The lowest BCUT2D eigenvalue weighted by Gasteiger charge is -2.23. The molecular weight excluding hydrogens is 327 g/mol. The third kappa shape index (κ3) is 6.00. The quantitative estimate of drug-likeness (QED) is 0.362. The summed E-state index contributed by atoms with van der Waals surface area (Å²) in [4.78, 5) is 7.08. The van der Waals surface area contributed by atoms with E-state index in [4.69, 9.17) is 28.2 Å². The molecule has 0 aromatic heterocycles. The Hall–Kier alpha value is -0.730. The summed E-state index contributed by atoms with van der Waals surface area (Å²) in [7, 11) is 0. The molecule has 128 valence electrons. The third-order valence-electron chi connectivity index (χ3n) is 4.58. The largest absolute Gasteiger partial charge is 0.369 e. The summed E-state index contributed by atoms with van der Waals surface area (Å²) in [6.45, 7) is 3.80. The van der Waals surface area contributed by atoms with Gasteiger partial charge in [-0.05, 0) is 43.0 Å². The van der Waals surface area contributed by atoms with E-state index in [-0.39, 0.29) is 0 Å². The van der Waals surface area contributed by atoms with Crippen LogP contribution in [-0.2, 0) is 0 Å². The number of benzene rings is 1. The number of alkyl halides is 2. The number of hydrogen-bond acceptors (Lipinski definition) is 2.